The van der Waals surface area contributed by atoms with Crippen LogP contribution in [0.25, 0.3) is 0 Å². The molecule has 7 heteroatoms. The summed E-state index contributed by atoms with van der Waals surface area (Å²) in [6.07, 6.45) is 2.03. The highest BCUT2D eigenvalue weighted by atomic mass is 127. The Kier molecular flexibility index (Phi) is 13.8. The van der Waals surface area contributed by atoms with Crippen molar-refractivity contribution in [3.63, 3.8) is 0 Å². The monoisotopic (exact) mass is 487 g/mol. The lowest BCUT2D eigenvalue weighted by Crippen LogP contribution is -2.38. The molecule has 0 aliphatic carbocycles. The molecule has 1 atom stereocenters. The third-order valence-electron chi connectivity index (χ3n) is 3.30. The molecular weight excluding hydrogens is 460 g/mol. The van der Waals surface area contributed by atoms with Gasteiger partial charge in [0.25, 0.3) is 0 Å². The van der Waals surface area contributed by atoms with Gasteiger partial charge in [0.05, 0.1) is 6.04 Å². The maximum Gasteiger partial charge on any atom is 0.191 e. The van der Waals surface area contributed by atoms with Crippen LogP contribution in [-0.2, 0) is 4.74 Å². The first-order chi connectivity index (χ1) is 11.1. The molecule has 138 valence electrons. The van der Waals surface area contributed by atoms with E-state index in [1.807, 2.05) is 26.0 Å². The molecule has 1 aromatic carbocycles. The summed E-state index contributed by atoms with van der Waals surface area (Å²) in [6.45, 7) is 9.26. The number of guanidine groups is 1. The highest BCUT2D eigenvalue weighted by Gasteiger charge is 2.11. The molecule has 0 radical (unpaired) electrons. The van der Waals surface area contributed by atoms with Gasteiger partial charge < -0.3 is 15.4 Å². The van der Waals surface area contributed by atoms with Gasteiger partial charge in [-0.25, -0.2) is 0 Å². The third-order valence-corrected chi connectivity index (χ3v) is 3.86. The molecule has 0 amide bonds. The predicted octanol–water partition coefficient (Wildman–Crippen LogP) is 5.04. The fourth-order valence-electron chi connectivity index (χ4n) is 2.11. The van der Waals surface area contributed by atoms with Gasteiger partial charge in [-0.3, -0.25) is 4.99 Å². The van der Waals surface area contributed by atoms with Crippen LogP contribution in [-0.4, -0.2) is 32.3 Å². The molecule has 1 unspecified atom stereocenters. The van der Waals surface area contributed by atoms with E-state index in [1.54, 1.807) is 6.07 Å². The van der Waals surface area contributed by atoms with Crippen molar-refractivity contribution in [1.29, 1.82) is 0 Å². The zero-order chi connectivity index (χ0) is 17.1. The van der Waals surface area contributed by atoms with E-state index in [-0.39, 0.29) is 30.0 Å². The number of ether oxygens (including phenoxy) is 1. The minimum atomic E-state index is 0. The molecule has 1 rings (SSSR count). The van der Waals surface area contributed by atoms with Crippen LogP contribution in [0.2, 0.25) is 10.0 Å². The largest absolute Gasteiger partial charge is 0.382 e. The predicted molar refractivity (Wildman–Crippen MR) is 115 cm³/mol. The molecule has 24 heavy (non-hydrogen) atoms. The van der Waals surface area contributed by atoms with Gasteiger partial charge in [-0.05, 0) is 51.3 Å². The number of nitrogens with one attached hydrogen (secondary N) is 2. The minimum Gasteiger partial charge on any atom is -0.382 e. The van der Waals surface area contributed by atoms with Crippen LogP contribution in [0.3, 0.4) is 0 Å². The summed E-state index contributed by atoms with van der Waals surface area (Å²) in [6, 6.07) is 5.59. The lowest BCUT2D eigenvalue weighted by atomic mass is 10.1. The van der Waals surface area contributed by atoms with Gasteiger partial charge in [0, 0.05) is 36.3 Å². The molecule has 0 saturated carbocycles. The van der Waals surface area contributed by atoms with Crippen molar-refractivity contribution in [2.24, 2.45) is 4.99 Å². The third kappa shape index (κ3) is 9.30. The van der Waals surface area contributed by atoms with E-state index >= 15 is 0 Å². The second-order valence-corrected chi connectivity index (χ2v) is 6.04. The van der Waals surface area contributed by atoms with E-state index in [2.05, 4.69) is 22.5 Å². The Bertz CT molecular complexity index is 501. The summed E-state index contributed by atoms with van der Waals surface area (Å²) in [5.74, 6) is 0.794. The minimum absolute atomic E-state index is 0. The smallest absolute Gasteiger partial charge is 0.191 e. The number of benzene rings is 1. The normalized spacial score (nSPS) is 12.5. The first-order valence-corrected chi connectivity index (χ1v) is 8.91. The van der Waals surface area contributed by atoms with E-state index < -0.39 is 0 Å². The van der Waals surface area contributed by atoms with Gasteiger partial charge in [0.2, 0.25) is 0 Å². The summed E-state index contributed by atoms with van der Waals surface area (Å²) < 4.78 is 5.33. The molecule has 4 nitrogen and oxygen atoms in total. The highest BCUT2D eigenvalue weighted by Crippen LogP contribution is 2.25. The van der Waals surface area contributed by atoms with Crippen molar-refractivity contribution in [2.45, 2.75) is 39.7 Å². The number of hydrogen-bond donors (Lipinski definition) is 2. The molecule has 0 fully saturated rings. The average molecular weight is 488 g/mol. The van der Waals surface area contributed by atoms with Crippen LogP contribution in [0.5, 0.6) is 0 Å². The van der Waals surface area contributed by atoms with Crippen LogP contribution < -0.4 is 10.6 Å². The van der Waals surface area contributed by atoms with Crippen molar-refractivity contribution < 1.29 is 4.74 Å². The first-order valence-electron chi connectivity index (χ1n) is 8.16. The molecule has 0 aliphatic heterocycles. The Hall–Kier alpha value is -0.240. The van der Waals surface area contributed by atoms with Gasteiger partial charge in [-0.15, -0.1) is 24.0 Å². The van der Waals surface area contributed by atoms with Gasteiger partial charge in [-0.2, -0.15) is 0 Å². The Morgan fingerprint density at radius 2 is 2.00 bits per heavy atom. The molecule has 0 heterocycles. The van der Waals surface area contributed by atoms with Crippen molar-refractivity contribution in [3.05, 3.63) is 33.8 Å². The topological polar surface area (TPSA) is 45.7 Å². The number of aliphatic imine (C=N–C) groups is 1. The number of halogens is 3. The summed E-state index contributed by atoms with van der Waals surface area (Å²) in [7, 11) is 0. The van der Waals surface area contributed by atoms with Crippen LogP contribution in [0.1, 0.15) is 45.2 Å². The van der Waals surface area contributed by atoms with Crippen LogP contribution in [0.15, 0.2) is 23.2 Å². The van der Waals surface area contributed by atoms with Crippen molar-refractivity contribution in [2.75, 3.05) is 26.3 Å². The summed E-state index contributed by atoms with van der Waals surface area (Å²) >= 11 is 12.2. The zero-order valence-corrected chi connectivity index (χ0v) is 18.4. The number of nitrogens with zero attached hydrogens (tertiary/aromatic N) is 1. The number of hydrogen-bond acceptors (Lipinski definition) is 2. The van der Waals surface area contributed by atoms with Crippen LogP contribution in [0.4, 0.5) is 0 Å². The SMILES string of the molecule is CCNC(=NCCCCOCC)NC(C)c1ccc(Cl)cc1Cl.I. The van der Waals surface area contributed by atoms with E-state index in [9.17, 15) is 0 Å². The van der Waals surface area contributed by atoms with E-state index in [1.165, 1.54) is 0 Å². The van der Waals surface area contributed by atoms with E-state index in [0.29, 0.717) is 10.0 Å². The van der Waals surface area contributed by atoms with E-state index in [0.717, 1.165) is 50.7 Å². The second-order valence-electron chi connectivity index (χ2n) is 5.20. The Morgan fingerprint density at radius 1 is 1.25 bits per heavy atom. The average Bonchev–Trinajstić information content (AvgIpc) is 2.50. The highest BCUT2D eigenvalue weighted by molar-refractivity contribution is 14.0. The zero-order valence-electron chi connectivity index (χ0n) is 14.6. The lowest BCUT2D eigenvalue weighted by molar-refractivity contribution is 0.144. The van der Waals surface area contributed by atoms with Crippen molar-refractivity contribution >= 4 is 53.1 Å². The van der Waals surface area contributed by atoms with Crippen LogP contribution >= 0.6 is 47.2 Å². The molecule has 0 spiro atoms. The molecule has 0 aliphatic rings. The maximum absolute atomic E-state index is 6.26. The standard InChI is InChI=1S/C17H27Cl2N3O.HI/c1-4-20-17(21-10-6-7-11-23-5-2)22-13(3)15-9-8-14(18)12-16(15)19;/h8-9,12-13H,4-7,10-11H2,1-3H3,(H2,20,21,22);1H. The molecule has 0 saturated heterocycles. The Balaban J connectivity index is 0.00000529. The molecular formula is C17H28Cl2IN3O. The molecule has 1 aromatic rings. The van der Waals surface area contributed by atoms with Gasteiger partial charge >= 0.3 is 0 Å². The number of unbranched alkanes of at least 4 members (excludes halogenated alkanes) is 1. The fourth-order valence-corrected chi connectivity index (χ4v) is 2.68. The summed E-state index contributed by atoms with van der Waals surface area (Å²) in [4.78, 5) is 4.59. The Morgan fingerprint density at radius 3 is 2.62 bits per heavy atom. The summed E-state index contributed by atoms with van der Waals surface area (Å²) in [5.41, 5.74) is 0.998. The van der Waals surface area contributed by atoms with Crippen molar-refractivity contribution in [3.8, 4) is 0 Å². The number of rotatable bonds is 9. The van der Waals surface area contributed by atoms with Crippen LogP contribution in [0, 0.1) is 0 Å². The molecule has 2 N–H and O–H groups in total. The van der Waals surface area contributed by atoms with Gasteiger partial charge in [0.15, 0.2) is 5.96 Å². The fraction of sp³-hybridized carbons (Fsp3) is 0.588. The van der Waals surface area contributed by atoms with Gasteiger partial charge in [0.1, 0.15) is 0 Å². The quantitative estimate of drug-likeness (QED) is 0.222. The molecule has 0 aromatic heterocycles. The summed E-state index contributed by atoms with van der Waals surface area (Å²) in [5, 5.41) is 7.93. The van der Waals surface area contributed by atoms with Crippen molar-refractivity contribution in [1.82, 2.24) is 10.6 Å². The first kappa shape index (κ1) is 23.8. The Labute approximate surface area is 172 Å². The van der Waals surface area contributed by atoms with Gasteiger partial charge in [-0.1, -0.05) is 29.3 Å². The lowest BCUT2D eigenvalue weighted by Gasteiger charge is -2.19. The second kappa shape index (κ2) is 14.0. The van der Waals surface area contributed by atoms with E-state index in [4.69, 9.17) is 27.9 Å². The maximum atomic E-state index is 6.26. The molecule has 0 bridgehead atoms.